The van der Waals surface area contributed by atoms with Crippen LogP contribution in [-0.4, -0.2) is 23.2 Å². The number of anilines is 2. The summed E-state index contributed by atoms with van der Waals surface area (Å²) in [5.41, 5.74) is 8.05. The Balaban J connectivity index is 0.00000242. The molecule has 6 nitrogen and oxygen atoms in total. The van der Waals surface area contributed by atoms with Gasteiger partial charge in [-0.2, -0.15) is 5.10 Å². The molecular weight excluding hydrogens is 372 g/mol. The maximum atomic E-state index is 12.2. The molecule has 0 saturated heterocycles. The molecule has 0 radical (unpaired) electrons. The van der Waals surface area contributed by atoms with Crippen molar-refractivity contribution < 1.29 is 9.53 Å². The first-order valence-electron chi connectivity index (χ1n) is 6.42. The number of nitrogens with one attached hydrogen (secondary N) is 2. The number of carbonyl (C=O) groups is 1. The van der Waals surface area contributed by atoms with E-state index in [1.807, 2.05) is 13.8 Å². The van der Waals surface area contributed by atoms with E-state index in [2.05, 4.69) is 31.4 Å². The van der Waals surface area contributed by atoms with E-state index in [1.165, 1.54) is 7.11 Å². The van der Waals surface area contributed by atoms with Gasteiger partial charge in [0.2, 0.25) is 0 Å². The molecule has 2 aromatic rings. The van der Waals surface area contributed by atoms with Gasteiger partial charge < -0.3 is 15.8 Å². The van der Waals surface area contributed by atoms with Crippen LogP contribution in [0.3, 0.4) is 0 Å². The number of nitrogens with zero attached hydrogens (tertiary/aromatic N) is 1. The van der Waals surface area contributed by atoms with Crippen molar-refractivity contribution in [2.75, 3.05) is 18.2 Å². The zero-order valence-corrected chi connectivity index (χ0v) is 14.8. The number of H-pyrrole nitrogens is 1. The highest BCUT2D eigenvalue weighted by molar-refractivity contribution is 9.10. The molecule has 0 aliphatic carbocycles. The van der Waals surface area contributed by atoms with Gasteiger partial charge in [-0.15, -0.1) is 12.4 Å². The highest BCUT2D eigenvalue weighted by atomic mass is 79.9. The second-order valence-electron chi connectivity index (χ2n) is 4.87. The van der Waals surface area contributed by atoms with Crippen molar-refractivity contribution in [2.45, 2.75) is 19.8 Å². The molecule has 22 heavy (non-hydrogen) atoms. The molecule has 0 saturated carbocycles. The molecule has 0 fully saturated rings. The van der Waals surface area contributed by atoms with Crippen LogP contribution in [0.2, 0.25) is 0 Å². The molecule has 1 heterocycles. The fourth-order valence-corrected chi connectivity index (χ4v) is 2.69. The van der Waals surface area contributed by atoms with Gasteiger partial charge in [-0.05, 0) is 40.0 Å². The number of carbonyl (C=O) groups excluding carboxylic acids is 1. The molecule has 0 aliphatic rings. The van der Waals surface area contributed by atoms with E-state index < -0.39 is 0 Å². The quantitative estimate of drug-likeness (QED) is 0.697. The molecule has 2 rings (SSSR count). The fourth-order valence-electron chi connectivity index (χ4n) is 1.88. The summed E-state index contributed by atoms with van der Waals surface area (Å²) in [4.78, 5) is 12.2. The van der Waals surface area contributed by atoms with Gasteiger partial charge in [0.05, 0.1) is 23.0 Å². The summed E-state index contributed by atoms with van der Waals surface area (Å²) in [6.45, 7) is 4.04. The molecule has 4 N–H and O–H groups in total. The van der Waals surface area contributed by atoms with Gasteiger partial charge >= 0.3 is 0 Å². The standard InChI is InChI=1S/C14H17BrN4O2.ClH/c1-7(2)12-11(15)13(19-18-12)14(20)17-8-4-5-10(21-3)9(16)6-8;/h4-7H,16H2,1-3H3,(H,17,20)(H,18,19);1H. The minimum atomic E-state index is -0.311. The van der Waals surface area contributed by atoms with Crippen LogP contribution in [0.25, 0.3) is 0 Å². The van der Waals surface area contributed by atoms with Crippen molar-refractivity contribution in [3.63, 3.8) is 0 Å². The lowest BCUT2D eigenvalue weighted by atomic mass is 10.1. The lowest BCUT2D eigenvalue weighted by Crippen LogP contribution is -2.13. The molecule has 0 aliphatic heterocycles. The summed E-state index contributed by atoms with van der Waals surface area (Å²) in [5.74, 6) is 0.496. The molecule has 0 atom stereocenters. The molecule has 0 spiro atoms. The van der Waals surface area contributed by atoms with Crippen LogP contribution < -0.4 is 15.8 Å². The van der Waals surface area contributed by atoms with Gasteiger partial charge in [-0.25, -0.2) is 0 Å². The molecule has 0 unspecified atom stereocenters. The molecule has 8 heteroatoms. The van der Waals surface area contributed by atoms with Gasteiger partial charge in [0.15, 0.2) is 5.69 Å². The number of benzene rings is 1. The summed E-state index contributed by atoms with van der Waals surface area (Å²) >= 11 is 3.40. The highest BCUT2D eigenvalue weighted by Crippen LogP contribution is 2.27. The van der Waals surface area contributed by atoms with Gasteiger partial charge in [-0.1, -0.05) is 13.8 Å². The number of rotatable bonds is 4. The molecule has 1 amide bonds. The first-order chi connectivity index (χ1) is 9.93. The van der Waals surface area contributed by atoms with Crippen LogP contribution in [0.5, 0.6) is 5.75 Å². The monoisotopic (exact) mass is 388 g/mol. The van der Waals surface area contributed by atoms with Crippen molar-refractivity contribution in [1.29, 1.82) is 0 Å². The van der Waals surface area contributed by atoms with Crippen LogP contribution in [0.4, 0.5) is 11.4 Å². The fraction of sp³-hybridized carbons (Fsp3) is 0.286. The summed E-state index contributed by atoms with van der Waals surface area (Å²) in [6.07, 6.45) is 0. The zero-order chi connectivity index (χ0) is 15.6. The zero-order valence-electron chi connectivity index (χ0n) is 12.4. The highest BCUT2D eigenvalue weighted by Gasteiger charge is 2.19. The molecule has 1 aromatic carbocycles. The Kier molecular flexibility index (Phi) is 6.25. The number of aromatic amines is 1. The average molecular weight is 390 g/mol. The number of hydrogen-bond donors (Lipinski definition) is 3. The maximum absolute atomic E-state index is 12.2. The number of amides is 1. The van der Waals surface area contributed by atoms with Crippen molar-refractivity contribution in [3.8, 4) is 5.75 Å². The second kappa shape index (κ2) is 7.51. The number of aromatic nitrogens is 2. The minimum Gasteiger partial charge on any atom is -0.495 e. The number of methoxy groups -OCH3 is 1. The van der Waals surface area contributed by atoms with E-state index >= 15 is 0 Å². The van der Waals surface area contributed by atoms with Crippen molar-refractivity contribution >= 4 is 45.6 Å². The van der Waals surface area contributed by atoms with Gasteiger partial charge in [0, 0.05) is 5.69 Å². The largest absolute Gasteiger partial charge is 0.495 e. The third-order valence-corrected chi connectivity index (χ3v) is 3.82. The molecule has 0 bridgehead atoms. The van der Waals surface area contributed by atoms with E-state index in [1.54, 1.807) is 18.2 Å². The summed E-state index contributed by atoms with van der Waals surface area (Å²) in [6, 6.07) is 5.06. The van der Waals surface area contributed by atoms with Crippen LogP contribution in [0.1, 0.15) is 35.9 Å². The van der Waals surface area contributed by atoms with Crippen molar-refractivity contribution in [2.24, 2.45) is 0 Å². The van der Waals surface area contributed by atoms with E-state index in [4.69, 9.17) is 10.5 Å². The van der Waals surface area contributed by atoms with Crippen molar-refractivity contribution in [3.05, 3.63) is 34.1 Å². The lowest BCUT2D eigenvalue weighted by molar-refractivity contribution is 0.102. The maximum Gasteiger partial charge on any atom is 0.277 e. The van der Waals surface area contributed by atoms with Crippen LogP contribution in [-0.2, 0) is 0 Å². The third-order valence-electron chi connectivity index (χ3n) is 3.01. The normalized spacial score (nSPS) is 10.2. The van der Waals surface area contributed by atoms with E-state index in [0.29, 0.717) is 27.3 Å². The smallest absolute Gasteiger partial charge is 0.277 e. The van der Waals surface area contributed by atoms with E-state index in [-0.39, 0.29) is 24.2 Å². The van der Waals surface area contributed by atoms with Crippen LogP contribution >= 0.6 is 28.3 Å². The summed E-state index contributed by atoms with van der Waals surface area (Å²) in [5, 5.41) is 9.67. The first-order valence-corrected chi connectivity index (χ1v) is 7.22. The Morgan fingerprint density at radius 3 is 2.64 bits per heavy atom. The second-order valence-corrected chi connectivity index (χ2v) is 5.66. The average Bonchev–Trinajstić information content (AvgIpc) is 2.81. The minimum absolute atomic E-state index is 0. The SMILES string of the molecule is COc1ccc(NC(=O)c2n[nH]c(C(C)C)c2Br)cc1N.Cl. The van der Waals surface area contributed by atoms with Gasteiger partial charge in [-0.3, -0.25) is 9.89 Å². The van der Waals surface area contributed by atoms with Crippen molar-refractivity contribution in [1.82, 2.24) is 10.2 Å². The number of nitrogens with two attached hydrogens (primary N) is 1. The number of nitrogen functional groups attached to an aromatic ring is 1. The third kappa shape index (κ3) is 3.72. The summed E-state index contributed by atoms with van der Waals surface area (Å²) in [7, 11) is 1.54. The summed E-state index contributed by atoms with van der Waals surface area (Å²) < 4.78 is 5.75. The number of hydrogen-bond acceptors (Lipinski definition) is 4. The number of ether oxygens (including phenoxy) is 1. The Morgan fingerprint density at radius 1 is 1.45 bits per heavy atom. The molecule has 1 aromatic heterocycles. The predicted molar refractivity (Wildman–Crippen MR) is 93.0 cm³/mol. The Bertz CT molecular complexity index is 673. The molecule has 120 valence electrons. The topological polar surface area (TPSA) is 93.0 Å². The Labute approximate surface area is 143 Å². The predicted octanol–water partition coefficient (Wildman–Crippen LogP) is 3.56. The first kappa shape index (κ1) is 18.3. The van der Waals surface area contributed by atoms with Crippen LogP contribution in [0.15, 0.2) is 22.7 Å². The van der Waals surface area contributed by atoms with E-state index in [9.17, 15) is 4.79 Å². The Morgan fingerprint density at radius 2 is 2.14 bits per heavy atom. The van der Waals surface area contributed by atoms with E-state index in [0.717, 1.165) is 5.69 Å². The van der Waals surface area contributed by atoms with Gasteiger partial charge in [0.1, 0.15) is 5.75 Å². The number of halogens is 2. The van der Waals surface area contributed by atoms with Gasteiger partial charge in [0.25, 0.3) is 5.91 Å². The lowest BCUT2D eigenvalue weighted by Gasteiger charge is -2.08. The Hall–Kier alpha value is -1.73. The van der Waals surface area contributed by atoms with Crippen LogP contribution in [0, 0.1) is 0 Å². The molecular formula is C14H18BrClN4O2.